The highest BCUT2D eigenvalue weighted by molar-refractivity contribution is 6.34. The van der Waals surface area contributed by atoms with Gasteiger partial charge < -0.3 is 25.0 Å². The molecule has 0 saturated carbocycles. The van der Waals surface area contributed by atoms with Crippen molar-refractivity contribution in [3.63, 3.8) is 0 Å². The van der Waals surface area contributed by atoms with E-state index in [2.05, 4.69) is 17.0 Å². The van der Waals surface area contributed by atoms with E-state index in [1.807, 2.05) is 18.2 Å². The number of rotatable bonds is 9. The number of carbonyl (C=O) groups is 2. The van der Waals surface area contributed by atoms with Crippen LogP contribution in [0, 0.1) is 0 Å². The van der Waals surface area contributed by atoms with E-state index in [1.165, 1.54) is 0 Å². The van der Waals surface area contributed by atoms with E-state index >= 15 is 0 Å². The Hall–Kier alpha value is -2.58. The zero-order valence-corrected chi connectivity index (χ0v) is 20.2. The Labute approximate surface area is 209 Å². The van der Waals surface area contributed by atoms with Gasteiger partial charge in [0.05, 0.1) is 11.1 Å². The van der Waals surface area contributed by atoms with Gasteiger partial charge in [-0.05, 0) is 49.9 Å². The van der Waals surface area contributed by atoms with Crippen LogP contribution in [0.15, 0.2) is 60.7 Å². The Balaban J connectivity index is 0.000000440. The van der Waals surface area contributed by atoms with Crippen LogP contribution in [0.25, 0.3) is 0 Å². The van der Waals surface area contributed by atoms with Crippen LogP contribution in [-0.4, -0.2) is 57.9 Å². The Morgan fingerprint density at radius 2 is 1.65 bits per heavy atom. The monoisotopic (exact) mass is 509 g/mol. The number of aliphatic carboxylic acids is 2. The van der Waals surface area contributed by atoms with E-state index < -0.39 is 11.9 Å². The van der Waals surface area contributed by atoms with E-state index in [4.69, 9.17) is 38.2 Å². The van der Waals surface area contributed by atoms with E-state index in [0.29, 0.717) is 27.9 Å². The van der Waals surface area contributed by atoms with Crippen molar-refractivity contribution in [3.8, 4) is 5.75 Å². The summed E-state index contributed by atoms with van der Waals surface area (Å²) in [6, 6.07) is 15.5. The van der Waals surface area contributed by atoms with E-state index in [-0.39, 0.29) is 12.2 Å². The molecule has 3 rings (SSSR count). The van der Waals surface area contributed by atoms with Crippen molar-refractivity contribution in [2.24, 2.45) is 0 Å². The molecule has 34 heavy (non-hydrogen) atoms. The molecule has 1 aliphatic heterocycles. The number of benzene rings is 2. The summed E-state index contributed by atoms with van der Waals surface area (Å²) in [4.78, 5) is 21.5. The van der Waals surface area contributed by atoms with Gasteiger partial charge in [0.25, 0.3) is 0 Å². The Bertz CT molecular complexity index is 930. The standard InChI is InChI=1S/C21H25Cl2NO2.C4H4O4/c22-17-8-9-19(23)21(15-17)26-20(16-5-2-1-3-6-16)7-4-12-24-13-10-18(25)11-14-24;5-3(6)1-2-4(7)8/h1-3,5-6,8-9,15,18,20,25H,4,7,10-14H2;1-2H,(H,5,6)(H,7,8)/b;2-1+. The molecule has 1 fully saturated rings. The number of aliphatic hydroxyl groups excluding tert-OH is 1. The number of halogens is 2. The van der Waals surface area contributed by atoms with Crippen LogP contribution in [0.2, 0.25) is 10.0 Å². The second-order valence-corrected chi connectivity index (χ2v) is 8.66. The van der Waals surface area contributed by atoms with Crippen molar-refractivity contribution in [3.05, 3.63) is 76.3 Å². The second kappa shape index (κ2) is 14.6. The lowest BCUT2D eigenvalue weighted by atomic mass is 10.0. The predicted octanol–water partition coefficient (Wildman–Crippen LogP) is 5.06. The zero-order valence-electron chi connectivity index (χ0n) is 18.6. The van der Waals surface area contributed by atoms with Crippen molar-refractivity contribution < 1.29 is 29.6 Å². The number of hydrogen-bond donors (Lipinski definition) is 3. The van der Waals surface area contributed by atoms with Gasteiger partial charge in [0.2, 0.25) is 0 Å². The topological polar surface area (TPSA) is 107 Å². The van der Waals surface area contributed by atoms with Gasteiger partial charge in [-0.2, -0.15) is 0 Å². The Morgan fingerprint density at radius 1 is 1.03 bits per heavy atom. The molecule has 7 nitrogen and oxygen atoms in total. The van der Waals surface area contributed by atoms with Crippen LogP contribution in [0.4, 0.5) is 0 Å². The highest BCUT2D eigenvalue weighted by atomic mass is 35.5. The van der Waals surface area contributed by atoms with E-state index in [0.717, 1.165) is 50.9 Å². The fourth-order valence-corrected chi connectivity index (χ4v) is 3.79. The summed E-state index contributed by atoms with van der Waals surface area (Å²) in [6.07, 6.45) is 4.58. The minimum Gasteiger partial charge on any atom is -0.484 e. The van der Waals surface area contributed by atoms with Crippen molar-refractivity contribution in [2.75, 3.05) is 19.6 Å². The van der Waals surface area contributed by atoms with Gasteiger partial charge in [-0.25, -0.2) is 9.59 Å². The lowest BCUT2D eigenvalue weighted by molar-refractivity contribution is -0.134. The van der Waals surface area contributed by atoms with Crippen LogP contribution >= 0.6 is 23.2 Å². The molecule has 1 aliphatic rings. The summed E-state index contributed by atoms with van der Waals surface area (Å²) in [5.74, 6) is -1.89. The molecule has 1 unspecified atom stereocenters. The zero-order chi connectivity index (χ0) is 24.9. The third kappa shape index (κ3) is 10.6. The number of nitrogens with zero attached hydrogens (tertiary/aromatic N) is 1. The largest absolute Gasteiger partial charge is 0.484 e. The molecule has 0 aliphatic carbocycles. The molecular weight excluding hydrogens is 481 g/mol. The summed E-state index contributed by atoms with van der Waals surface area (Å²) in [6.45, 7) is 2.96. The van der Waals surface area contributed by atoms with E-state index in [9.17, 15) is 14.7 Å². The van der Waals surface area contributed by atoms with Crippen LogP contribution < -0.4 is 4.74 Å². The Morgan fingerprint density at radius 3 is 2.24 bits per heavy atom. The number of hydrogen-bond acceptors (Lipinski definition) is 5. The van der Waals surface area contributed by atoms with Gasteiger partial charge in [0.1, 0.15) is 11.9 Å². The minimum absolute atomic E-state index is 0.0671. The SMILES string of the molecule is O=C(O)/C=C/C(=O)O.OC1CCN(CCCC(Oc2cc(Cl)ccc2Cl)c2ccccc2)CC1. The summed E-state index contributed by atoms with van der Waals surface area (Å²) in [7, 11) is 0. The van der Waals surface area contributed by atoms with Crippen LogP contribution in [-0.2, 0) is 9.59 Å². The molecule has 184 valence electrons. The molecule has 1 atom stereocenters. The van der Waals surface area contributed by atoms with Gasteiger partial charge in [0, 0.05) is 36.3 Å². The predicted molar refractivity (Wildman–Crippen MR) is 132 cm³/mol. The molecule has 0 aromatic heterocycles. The average molecular weight is 510 g/mol. The smallest absolute Gasteiger partial charge is 0.328 e. The van der Waals surface area contributed by atoms with Crippen LogP contribution in [0.1, 0.15) is 37.4 Å². The molecule has 2 aromatic carbocycles. The van der Waals surface area contributed by atoms with Gasteiger partial charge >= 0.3 is 11.9 Å². The number of piperidine rings is 1. The highest BCUT2D eigenvalue weighted by Crippen LogP contribution is 2.33. The molecule has 0 amide bonds. The molecule has 0 radical (unpaired) electrons. The third-order valence-corrected chi connectivity index (χ3v) is 5.75. The quantitative estimate of drug-likeness (QED) is 0.405. The Kier molecular flexibility index (Phi) is 11.9. The molecular formula is C25H29Cl2NO6. The molecule has 2 aromatic rings. The van der Waals surface area contributed by atoms with Gasteiger partial charge in [-0.3, -0.25) is 0 Å². The molecule has 3 N–H and O–H groups in total. The summed E-state index contributed by atoms with van der Waals surface area (Å²) in [5.41, 5.74) is 1.14. The van der Waals surface area contributed by atoms with Crippen molar-refractivity contribution in [1.82, 2.24) is 4.90 Å². The number of carboxylic acid groups (broad SMARTS) is 2. The second-order valence-electron chi connectivity index (χ2n) is 7.82. The van der Waals surface area contributed by atoms with Gasteiger partial charge in [-0.1, -0.05) is 53.5 Å². The lowest BCUT2D eigenvalue weighted by Crippen LogP contribution is -2.36. The highest BCUT2D eigenvalue weighted by Gasteiger charge is 2.19. The number of aliphatic hydroxyl groups is 1. The number of likely N-dealkylation sites (tertiary alicyclic amines) is 1. The van der Waals surface area contributed by atoms with Crippen LogP contribution in [0.5, 0.6) is 5.75 Å². The first-order valence-electron chi connectivity index (χ1n) is 11.0. The maximum absolute atomic E-state index is 9.63. The van der Waals surface area contributed by atoms with Crippen LogP contribution in [0.3, 0.4) is 0 Å². The van der Waals surface area contributed by atoms with Gasteiger partial charge in [-0.15, -0.1) is 0 Å². The first-order valence-corrected chi connectivity index (χ1v) is 11.7. The minimum atomic E-state index is -1.26. The number of carboxylic acids is 2. The van der Waals surface area contributed by atoms with Gasteiger partial charge in [0.15, 0.2) is 0 Å². The van der Waals surface area contributed by atoms with E-state index in [1.54, 1.807) is 18.2 Å². The summed E-state index contributed by atoms with van der Waals surface area (Å²) in [5, 5.41) is 26.4. The maximum atomic E-state index is 9.63. The van der Waals surface area contributed by atoms with Crippen molar-refractivity contribution in [2.45, 2.75) is 37.9 Å². The lowest BCUT2D eigenvalue weighted by Gasteiger charge is -2.30. The summed E-state index contributed by atoms with van der Waals surface area (Å²) >= 11 is 12.4. The number of ether oxygens (including phenoxy) is 1. The molecule has 0 bridgehead atoms. The third-order valence-electron chi connectivity index (χ3n) is 5.20. The molecule has 1 heterocycles. The first-order chi connectivity index (χ1) is 16.2. The van der Waals surface area contributed by atoms with Crippen molar-refractivity contribution >= 4 is 35.1 Å². The fraction of sp³-hybridized carbons (Fsp3) is 0.360. The molecule has 0 spiro atoms. The maximum Gasteiger partial charge on any atom is 0.328 e. The first kappa shape index (κ1) is 27.7. The molecule has 1 saturated heterocycles. The average Bonchev–Trinajstić information content (AvgIpc) is 2.81. The van der Waals surface area contributed by atoms with Crippen molar-refractivity contribution in [1.29, 1.82) is 0 Å². The molecule has 9 heteroatoms. The summed E-state index contributed by atoms with van der Waals surface area (Å²) < 4.78 is 6.24. The fourth-order valence-electron chi connectivity index (χ4n) is 3.47. The normalized spacial score (nSPS) is 15.4.